The van der Waals surface area contributed by atoms with Crippen LogP contribution < -0.4 is 10.1 Å². The van der Waals surface area contributed by atoms with Gasteiger partial charge in [0.2, 0.25) is 0 Å². The van der Waals surface area contributed by atoms with Gasteiger partial charge in [0.15, 0.2) is 5.76 Å². The largest absolute Gasteiger partial charge is 0.494 e. The van der Waals surface area contributed by atoms with Crippen molar-refractivity contribution in [2.75, 3.05) is 19.8 Å². The van der Waals surface area contributed by atoms with E-state index in [2.05, 4.69) is 20.7 Å². The van der Waals surface area contributed by atoms with Crippen molar-refractivity contribution in [3.05, 3.63) is 30.0 Å². The third-order valence-corrected chi connectivity index (χ3v) is 4.00. The van der Waals surface area contributed by atoms with Crippen LogP contribution in [0.4, 0.5) is 4.79 Å². The zero-order chi connectivity index (χ0) is 17.1. The lowest BCUT2D eigenvalue weighted by Crippen LogP contribution is -2.26. The number of rotatable bonds is 0. The van der Waals surface area contributed by atoms with Gasteiger partial charge in [-0.05, 0) is 37.5 Å². The standard InChI is InChI=1S/C17H18N4O4/c22-17-18-6-2-8-23-12-4-5-14-13(10-12)16(20-19-14)15-9-11(21-25-15)3-1-7-24-17/h4-5,9-10H,1-3,6-8H2,(H,18,22)(H,19,20). The SMILES string of the molecule is O=C1NCCCOc2ccc3[nH]nc(c3c2)-c2cc(no2)CCCO1. The number of nitrogens with one attached hydrogen (secondary N) is 2. The summed E-state index contributed by atoms with van der Waals surface area (Å²) in [7, 11) is 0. The normalized spacial score (nSPS) is 16.1. The van der Waals surface area contributed by atoms with Crippen molar-refractivity contribution in [3.8, 4) is 17.2 Å². The Labute approximate surface area is 143 Å². The van der Waals surface area contributed by atoms with Crippen molar-refractivity contribution in [2.24, 2.45) is 0 Å². The summed E-state index contributed by atoms with van der Waals surface area (Å²) in [6.07, 6.45) is 1.62. The number of nitrogens with zero attached hydrogens (tertiary/aromatic N) is 2. The van der Waals surface area contributed by atoms with E-state index in [1.165, 1.54) is 0 Å². The number of benzene rings is 1. The van der Waals surface area contributed by atoms with Crippen molar-refractivity contribution in [1.29, 1.82) is 0 Å². The molecule has 4 rings (SSSR count). The molecular formula is C17H18N4O4. The molecule has 3 heterocycles. The second-order valence-electron chi connectivity index (χ2n) is 5.83. The second-order valence-corrected chi connectivity index (χ2v) is 5.83. The van der Waals surface area contributed by atoms with Gasteiger partial charge in [-0.1, -0.05) is 5.16 Å². The Morgan fingerprint density at radius 3 is 2.96 bits per heavy atom. The van der Waals surface area contributed by atoms with E-state index in [0.29, 0.717) is 50.5 Å². The van der Waals surface area contributed by atoms with Gasteiger partial charge in [-0.2, -0.15) is 5.10 Å². The number of hydrogen-bond donors (Lipinski definition) is 2. The summed E-state index contributed by atoms with van der Waals surface area (Å²) in [4.78, 5) is 11.6. The first kappa shape index (κ1) is 15.5. The molecule has 8 nitrogen and oxygen atoms in total. The van der Waals surface area contributed by atoms with E-state index in [-0.39, 0.29) is 0 Å². The molecular weight excluding hydrogens is 324 g/mol. The summed E-state index contributed by atoms with van der Waals surface area (Å²) in [6, 6.07) is 7.59. The predicted molar refractivity (Wildman–Crippen MR) is 89.4 cm³/mol. The number of H-pyrrole nitrogens is 1. The molecule has 0 radical (unpaired) electrons. The number of fused-ring (bicyclic) bond motifs is 4. The third-order valence-electron chi connectivity index (χ3n) is 4.00. The predicted octanol–water partition coefficient (Wildman–Crippen LogP) is 2.66. The second kappa shape index (κ2) is 6.84. The van der Waals surface area contributed by atoms with Crippen LogP contribution in [0.3, 0.4) is 0 Å². The molecule has 0 unspecified atom stereocenters. The fraction of sp³-hybridized carbons (Fsp3) is 0.353. The number of ether oxygens (including phenoxy) is 2. The number of cyclic esters (lactones) is 1. The van der Waals surface area contributed by atoms with Crippen molar-refractivity contribution in [1.82, 2.24) is 20.7 Å². The molecule has 0 fully saturated rings. The minimum absolute atomic E-state index is 0.331. The van der Waals surface area contributed by atoms with Crippen LogP contribution >= 0.6 is 0 Å². The van der Waals surface area contributed by atoms with Gasteiger partial charge in [0.05, 0.1) is 24.4 Å². The third kappa shape index (κ3) is 3.42. The van der Waals surface area contributed by atoms with Crippen LogP contribution in [-0.2, 0) is 11.2 Å². The summed E-state index contributed by atoms with van der Waals surface area (Å²) >= 11 is 0. The molecule has 25 heavy (non-hydrogen) atoms. The van der Waals surface area contributed by atoms with E-state index in [0.717, 1.165) is 22.3 Å². The number of carbonyl (C=O) groups excluding carboxylic acids is 1. The first-order chi connectivity index (χ1) is 12.3. The van der Waals surface area contributed by atoms with Crippen LogP contribution in [0, 0.1) is 0 Å². The Morgan fingerprint density at radius 1 is 1.08 bits per heavy atom. The molecule has 0 atom stereocenters. The van der Waals surface area contributed by atoms with Crippen LogP contribution in [0.15, 0.2) is 28.8 Å². The Hall–Kier alpha value is -3.03. The molecule has 1 amide bonds. The molecule has 2 N–H and O–H groups in total. The number of amides is 1. The summed E-state index contributed by atoms with van der Waals surface area (Å²) in [5.41, 5.74) is 2.40. The lowest BCUT2D eigenvalue weighted by Gasteiger charge is -2.08. The number of aromatic nitrogens is 3. The minimum atomic E-state index is -0.410. The maximum atomic E-state index is 11.6. The molecule has 8 heteroatoms. The molecule has 1 aliphatic heterocycles. The van der Waals surface area contributed by atoms with Crippen molar-refractivity contribution >= 4 is 17.0 Å². The highest BCUT2D eigenvalue weighted by Gasteiger charge is 2.15. The van der Waals surface area contributed by atoms with Gasteiger partial charge in [-0.15, -0.1) is 0 Å². The van der Waals surface area contributed by atoms with E-state index >= 15 is 0 Å². The smallest absolute Gasteiger partial charge is 0.407 e. The summed E-state index contributed by atoms with van der Waals surface area (Å²) < 4.78 is 16.3. The number of alkyl carbamates (subject to hydrolysis) is 1. The molecule has 130 valence electrons. The highest BCUT2D eigenvalue weighted by atomic mass is 16.5. The zero-order valence-electron chi connectivity index (χ0n) is 13.6. The molecule has 1 aromatic carbocycles. The quantitative estimate of drug-likeness (QED) is 0.651. The average Bonchev–Trinajstić information content (AvgIpc) is 3.24. The van der Waals surface area contributed by atoms with Gasteiger partial charge in [-0.25, -0.2) is 4.79 Å². The first-order valence-electron chi connectivity index (χ1n) is 8.27. The van der Waals surface area contributed by atoms with Crippen molar-refractivity contribution in [2.45, 2.75) is 19.3 Å². The van der Waals surface area contributed by atoms with Crippen LogP contribution in [0.1, 0.15) is 18.5 Å². The fourth-order valence-corrected chi connectivity index (χ4v) is 2.73. The summed E-state index contributed by atoms with van der Waals surface area (Å²) in [5, 5.41) is 15.0. The van der Waals surface area contributed by atoms with Crippen LogP contribution in [0.25, 0.3) is 22.4 Å². The lowest BCUT2D eigenvalue weighted by atomic mass is 10.1. The van der Waals surface area contributed by atoms with E-state index < -0.39 is 6.09 Å². The van der Waals surface area contributed by atoms with E-state index in [1.54, 1.807) is 0 Å². The van der Waals surface area contributed by atoms with Crippen LogP contribution in [0.5, 0.6) is 5.75 Å². The molecule has 0 saturated heterocycles. The summed E-state index contributed by atoms with van der Waals surface area (Å²) in [5.74, 6) is 1.34. The fourth-order valence-electron chi connectivity index (χ4n) is 2.73. The monoisotopic (exact) mass is 342 g/mol. The molecule has 2 aromatic heterocycles. The average molecular weight is 342 g/mol. The van der Waals surface area contributed by atoms with Crippen molar-refractivity contribution in [3.63, 3.8) is 0 Å². The molecule has 0 spiro atoms. The molecule has 4 bridgehead atoms. The van der Waals surface area contributed by atoms with Crippen molar-refractivity contribution < 1.29 is 18.8 Å². The number of carbonyl (C=O) groups is 1. The van der Waals surface area contributed by atoms with Crippen LogP contribution in [0.2, 0.25) is 0 Å². The Morgan fingerprint density at radius 2 is 2.00 bits per heavy atom. The Kier molecular flexibility index (Phi) is 4.24. The Balaban J connectivity index is 1.64. The van der Waals surface area contributed by atoms with E-state index in [9.17, 15) is 4.79 Å². The highest BCUT2D eigenvalue weighted by molar-refractivity contribution is 5.92. The molecule has 0 aliphatic carbocycles. The highest BCUT2D eigenvalue weighted by Crippen LogP contribution is 2.30. The van der Waals surface area contributed by atoms with Gasteiger partial charge < -0.3 is 19.3 Å². The van der Waals surface area contributed by atoms with Gasteiger partial charge >= 0.3 is 6.09 Å². The van der Waals surface area contributed by atoms with Gasteiger partial charge in [0, 0.05) is 18.0 Å². The van der Waals surface area contributed by atoms with Gasteiger partial charge in [-0.3, -0.25) is 5.10 Å². The number of aryl methyl sites for hydroxylation is 1. The van der Waals surface area contributed by atoms with E-state index in [1.807, 2.05) is 24.3 Å². The first-order valence-corrected chi connectivity index (χ1v) is 8.27. The van der Waals surface area contributed by atoms with E-state index in [4.69, 9.17) is 14.0 Å². The molecule has 3 aromatic rings. The Bertz CT molecular complexity index is 886. The maximum Gasteiger partial charge on any atom is 0.407 e. The number of aromatic amines is 1. The minimum Gasteiger partial charge on any atom is -0.494 e. The zero-order valence-corrected chi connectivity index (χ0v) is 13.6. The number of hydrogen-bond acceptors (Lipinski definition) is 6. The van der Waals surface area contributed by atoms with Gasteiger partial charge in [0.1, 0.15) is 11.4 Å². The lowest BCUT2D eigenvalue weighted by molar-refractivity contribution is 0.144. The molecule has 0 saturated carbocycles. The summed E-state index contributed by atoms with van der Waals surface area (Å²) in [6.45, 7) is 1.33. The topological polar surface area (TPSA) is 102 Å². The molecule has 1 aliphatic rings. The van der Waals surface area contributed by atoms with Crippen LogP contribution in [-0.4, -0.2) is 41.2 Å². The maximum absolute atomic E-state index is 11.6. The van der Waals surface area contributed by atoms with Gasteiger partial charge in [0.25, 0.3) is 0 Å².